The van der Waals surface area contributed by atoms with Gasteiger partial charge in [-0.25, -0.2) is 0 Å². The molecule has 22 heavy (non-hydrogen) atoms. The summed E-state index contributed by atoms with van der Waals surface area (Å²) < 4.78 is 16.0. The highest BCUT2D eigenvalue weighted by Gasteiger charge is 2.28. The summed E-state index contributed by atoms with van der Waals surface area (Å²) in [7, 11) is 1.45. The molecule has 1 heterocycles. The van der Waals surface area contributed by atoms with Crippen LogP contribution in [0.3, 0.4) is 0 Å². The minimum atomic E-state index is -0.138. The number of likely N-dealkylation sites (tertiary alicyclic amines) is 1. The van der Waals surface area contributed by atoms with Crippen LogP contribution in [0.1, 0.15) is 26.2 Å². The van der Waals surface area contributed by atoms with E-state index in [9.17, 15) is 4.79 Å². The highest BCUT2D eigenvalue weighted by atomic mass is 16.5. The van der Waals surface area contributed by atoms with E-state index in [4.69, 9.17) is 14.2 Å². The SMILES string of the molecule is CCOc1ccc(OCCN2CCCCC2C(=O)OC)cc1. The lowest BCUT2D eigenvalue weighted by Crippen LogP contribution is -2.46. The lowest BCUT2D eigenvalue weighted by atomic mass is 10.0. The minimum absolute atomic E-state index is 0.123. The van der Waals surface area contributed by atoms with E-state index < -0.39 is 0 Å². The quantitative estimate of drug-likeness (QED) is 0.724. The van der Waals surface area contributed by atoms with Crippen molar-refractivity contribution >= 4 is 5.97 Å². The molecule has 1 aliphatic rings. The summed E-state index contributed by atoms with van der Waals surface area (Å²) in [5.74, 6) is 1.52. The number of carbonyl (C=O) groups is 1. The van der Waals surface area contributed by atoms with E-state index in [0.29, 0.717) is 13.2 Å². The second kappa shape index (κ2) is 8.63. The summed E-state index contributed by atoms with van der Waals surface area (Å²) in [4.78, 5) is 13.9. The van der Waals surface area contributed by atoms with Gasteiger partial charge < -0.3 is 14.2 Å². The molecule has 1 fully saturated rings. The minimum Gasteiger partial charge on any atom is -0.494 e. The molecule has 0 radical (unpaired) electrons. The van der Waals surface area contributed by atoms with Gasteiger partial charge in [-0.2, -0.15) is 0 Å². The standard InChI is InChI=1S/C17H25NO4/c1-3-21-14-7-9-15(10-8-14)22-13-12-18-11-5-4-6-16(18)17(19)20-2/h7-10,16H,3-6,11-13H2,1-2H3. The Morgan fingerprint density at radius 3 is 2.50 bits per heavy atom. The molecule has 0 bridgehead atoms. The number of carbonyl (C=O) groups excluding carboxylic acids is 1. The topological polar surface area (TPSA) is 48.0 Å². The predicted octanol–water partition coefficient (Wildman–Crippen LogP) is 2.49. The Morgan fingerprint density at radius 1 is 1.18 bits per heavy atom. The number of esters is 1. The summed E-state index contributed by atoms with van der Waals surface area (Å²) in [5, 5.41) is 0. The van der Waals surface area contributed by atoms with Crippen molar-refractivity contribution in [1.29, 1.82) is 0 Å². The molecule has 1 aromatic carbocycles. The van der Waals surface area contributed by atoms with E-state index in [-0.39, 0.29) is 12.0 Å². The summed E-state index contributed by atoms with van der Waals surface area (Å²) >= 11 is 0. The number of piperidine rings is 1. The lowest BCUT2D eigenvalue weighted by Gasteiger charge is -2.33. The molecule has 1 saturated heterocycles. The van der Waals surface area contributed by atoms with Crippen LogP contribution in [0.25, 0.3) is 0 Å². The zero-order valence-electron chi connectivity index (χ0n) is 13.4. The van der Waals surface area contributed by atoms with Gasteiger partial charge in [-0.1, -0.05) is 6.42 Å². The van der Waals surface area contributed by atoms with Gasteiger partial charge in [0.05, 0.1) is 13.7 Å². The smallest absolute Gasteiger partial charge is 0.323 e. The third-order valence-corrected chi connectivity index (χ3v) is 3.87. The van der Waals surface area contributed by atoms with Crippen LogP contribution in [-0.2, 0) is 9.53 Å². The van der Waals surface area contributed by atoms with Gasteiger partial charge in [0.2, 0.25) is 0 Å². The number of methoxy groups -OCH3 is 1. The molecule has 5 heteroatoms. The van der Waals surface area contributed by atoms with Crippen molar-refractivity contribution in [2.24, 2.45) is 0 Å². The van der Waals surface area contributed by atoms with Gasteiger partial charge >= 0.3 is 5.97 Å². The van der Waals surface area contributed by atoms with Crippen molar-refractivity contribution in [2.45, 2.75) is 32.2 Å². The van der Waals surface area contributed by atoms with Crippen LogP contribution in [0.15, 0.2) is 24.3 Å². The number of rotatable bonds is 7. The van der Waals surface area contributed by atoms with Crippen molar-refractivity contribution < 1.29 is 19.0 Å². The van der Waals surface area contributed by atoms with Gasteiger partial charge in [0.1, 0.15) is 24.1 Å². The van der Waals surface area contributed by atoms with Gasteiger partial charge in [0.15, 0.2) is 0 Å². The molecule has 1 unspecified atom stereocenters. The molecule has 5 nitrogen and oxygen atoms in total. The maximum absolute atomic E-state index is 11.8. The highest BCUT2D eigenvalue weighted by Crippen LogP contribution is 2.19. The summed E-state index contributed by atoms with van der Waals surface area (Å²) in [5.41, 5.74) is 0. The largest absolute Gasteiger partial charge is 0.494 e. The van der Waals surface area contributed by atoms with E-state index in [1.165, 1.54) is 7.11 Å². The average molecular weight is 307 g/mol. The molecule has 0 amide bonds. The van der Waals surface area contributed by atoms with E-state index in [1.54, 1.807) is 0 Å². The Bertz CT molecular complexity index is 460. The number of benzene rings is 1. The monoisotopic (exact) mass is 307 g/mol. The van der Waals surface area contributed by atoms with Crippen LogP contribution in [0.2, 0.25) is 0 Å². The number of ether oxygens (including phenoxy) is 3. The average Bonchev–Trinajstić information content (AvgIpc) is 2.56. The molecule has 1 atom stereocenters. The van der Waals surface area contributed by atoms with Crippen LogP contribution >= 0.6 is 0 Å². The first-order valence-corrected chi connectivity index (χ1v) is 7.92. The van der Waals surface area contributed by atoms with E-state index in [1.807, 2.05) is 31.2 Å². The second-order valence-electron chi connectivity index (χ2n) is 5.32. The maximum atomic E-state index is 11.8. The van der Waals surface area contributed by atoms with Crippen molar-refractivity contribution in [3.8, 4) is 11.5 Å². The van der Waals surface area contributed by atoms with Crippen molar-refractivity contribution in [3.63, 3.8) is 0 Å². The van der Waals surface area contributed by atoms with E-state index in [2.05, 4.69) is 4.90 Å². The van der Waals surface area contributed by atoms with Gasteiger partial charge in [0, 0.05) is 6.54 Å². The molecule has 0 N–H and O–H groups in total. The molecule has 2 rings (SSSR count). The molecule has 0 aromatic heterocycles. The van der Waals surface area contributed by atoms with Crippen molar-refractivity contribution in [2.75, 3.05) is 33.4 Å². The first-order chi connectivity index (χ1) is 10.7. The van der Waals surface area contributed by atoms with Crippen molar-refractivity contribution in [3.05, 3.63) is 24.3 Å². The summed E-state index contributed by atoms with van der Waals surface area (Å²) in [6.07, 6.45) is 3.07. The first-order valence-electron chi connectivity index (χ1n) is 7.92. The van der Waals surface area contributed by atoms with Crippen LogP contribution < -0.4 is 9.47 Å². The van der Waals surface area contributed by atoms with E-state index >= 15 is 0 Å². The molecule has 1 aliphatic heterocycles. The molecular weight excluding hydrogens is 282 g/mol. The number of hydrogen-bond acceptors (Lipinski definition) is 5. The number of nitrogens with zero attached hydrogens (tertiary/aromatic N) is 1. The Balaban J connectivity index is 1.80. The Hall–Kier alpha value is -1.75. The summed E-state index contributed by atoms with van der Waals surface area (Å²) in [6.45, 7) is 4.83. The normalized spacial score (nSPS) is 18.7. The third-order valence-electron chi connectivity index (χ3n) is 3.87. The molecule has 0 spiro atoms. The van der Waals surface area contributed by atoms with E-state index in [0.717, 1.165) is 43.9 Å². The fourth-order valence-corrected chi connectivity index (χ4v) is 2.74. The van der Waals surface area contributed by atoms with Crippen LogP contribution in [-0.4, -0.2) is 50.3 Å². The third kappa shape index (κ3) is 4.63. The van der Waals surface area contributed by atoms with Crippen LogP contribution in [0.4, 0.5) is 0 Å². The number of hydrogen-bond donors (Lipinski definition) is 0. The Kier molecular flexibility index (Phi) is 6.52. The Morgan fingerprint density at radius 2 is 1.86 bits per heavy atom. The molecule has 1 aromatic rings. The lowest BCUT2D eigenvalue weighted by molar-refractivity contribution is -0.148. The molecule has 0 aliphatic carbocycles. The zero-order valence-corrected chi connectivity index (χ0v) is 13.4. The zero-order chi connectivity index (χ0) is 15.8. The molecule has 122 valence electrons. The predicted molar refractivity (Wildman–Crippen MR) is 84.3 cm³/mol. The van der Waals surface area contributed by atoms with Gasteiger partial charge in [-0.05, 0) is 50.6 Å². The van der Waals surface area contributed by atoms with Crippen LogP contribution in [0.5, 0.6) is 11.5 Å². The fraction of sp³-hybridized carbons (Fsp3) is 0.588. The van der Waals surface area contributed by atoms with Crippen LogP contribution in [0, 0.1) is 0 Å². The van der Waals surface area contributed by atoms with Gasteiger partial charge in [0.25, 0.3) is 0 Å². The fourth-order valence-electron chi connectivity index (χ4n) is 2.74. The molecular formula is C17H25NO4. The highest BCUT2D eigenvalue weighted by molar-refractivity contribution is 5.75. The Labute approximate surface area is 132 Å². The maximum Gasteiger partial charge on any atom is 0.323 e. The van der Waals surface area contributed by atoms with Crippen molar-refractivity contribution in [1.82, 2.24) is 4.90 Å². The van der Waals surface area contributed by atoms with Gasteiger partial charge in [-0.15, -0.1) is 0 Å². The summed E-state index contributed by atoms with van der Waals surface area (Å²) in [6, 6.07) is 7.48. The van der Waals surface area contributed by atoms with Gasteiger partial charge in [-0.3, -0.25) is 9.69 Å². The first kappa shape index (κ1) is 16.6. The molecule has 0 saturated carbocycles. The second-order valence-corrected chi connectivity index (χ2v) is 5.32.